The minimum atomic E-state index is -2.48. The number of benzene rings is 1. The summed E-state index contributed by atoms with van der Waals surface area (Å²) >= 11 is 7.41. The van der Waals surface area contributed by atoms with Crippen LogP contribution in [0.2, 0.25) is 5.02 Å². The van der Waals surface area contributed by atoms with E-state index in [9.17, 15) is 13.6 Å². The number of nitrogens with one attached hydrogen (secondary N) is 2. The van der Waals surface area contributed by atoms with E-state index in [-0.39, 0.29) is 6.04 Å². The van der Waals surface area contributed by atoms with Gasteiger partial charge in [0.1, 0.15) is 28.8 Å². The summed E-state index contributed by atoms with van der Waals surface area (Å²) in [6.07, 6.45) is -0.397. The highest BCUT2D eigenvalue weighted by Crippen LogP contribution is 2.37. The second kappa shape index (κ2) is 8.34. The van der Waals surface area contributed by atoms with Gasteiger partial charge in [-0.25, -0.2) is 18.6 Å². The molecule has 1 atom stereocenters. The molecule has 0 aliphatic carbocycles. The van der Waals surface area contributed by atoms with Crippen LogP contribution in [0.3, 0.4) is 0 Å². The second-order valence-corrected chi connectivity index (χ2v) is 7.56. The largest absolute Gasteiger partial charge is 0.492 e. The number of fused-ring (bicyclic) bond motifs is 1. The van der Waals surface area contributed by atoms with Gasteiger partial charge in [-0.05, 0) is 12.1 Å². The van der Waals surface area contributed by atoms with E-state index in [1.807, 2.05) is 12.1 Å². The van der Waals surface area contributed by atoms with Gasteiger partial charge in [-0.2, -0.15) is 5.10 Å². The number of carbonyl (C=O) groups is 1. The Morgan fingerprint density at radius 1 is 1.41 bits per heavy atom. The molecule has 3 aromatic rings. The molecule has 3 heterocycles. The summed E-state index contributed by atoms with van der Waals surface area (Å²) in [5.41, 5.74) is 1.29. The van der Waals surface area contributed by atoms with Crippen LogP contribution >= 0.6 is 22.9 Å². The number of rotatable bonds is 5. The number of nitrogens with zero attached hydrogens (tertiary/aromatic N) is 3. The highest BCUT2D eigenvalue weighted by atomic mass is 35.5. The first-order chi connectivity index (χ1) is 14.0. The number of carbonyl (C=O) groups excluding carboxylic acids is 1. The van der Waals surface area contributed by atoms with Crippen molar-refractivity contribution in [3.8, 4) is 16.5 Å². The first-order valence-corrected chi connectivity index (χ1v) is 10.0. The number of urea groups is 1. The fourth-order valence-electron chi connectivity index (χ4n) is 3.01. The van der Waals surface area contributed by atoms with E-state index in [1.54, 1.807) is 17.5 Å². The Hall–Kier alpha value is -2.72. The van der Waals surface area contributed by atoms with Crippen molar-refractivity contribution in [3.63, 3.8) is 0 Å². The molecule has 4 rings (SSSR count). The minimum absolute atomic E-state index is 0.236. The van der Waals surface area contributed by atoms with E-state index >= 15 is 0 Å². The molecule has 1 aliphatic rings. The van der Waals surface area contributed by atoms with Gasteiger partial charge in [0, 0.05) is 23.6 Å². The Bertz CT molecular complexity index is 1030. The van der Waals surface area contributed by atoms with Crippen LogP contribution < -0.4 is 15.4 Å². The van der Waals surface area contributed by atoms with Crippen molar-refractivity contribution in [1.29, 1.82) is 0 Å². The number of amides is 2. The quantitative estimate of drug-likeness (QED) is 0.610. The standard InChI is InChI=1S/C18H16ClF2N5O2S/c19-11-3-1-2-10-12(5-7-28-16(10)11)22-18(27)24-15-9-29-17(23-15)13-4-6-26(25-13)8-14(20)21/h1-4,6,9,12,14H,5,7-8H2,(H2,22,24,27)/t12-/m0/s1. The lowest BCUT2D eigenvalue weighted by Gasteiger charge is -2.27. The van der Waals surface area contributed by atoms with Crippen LogP contribution in [0.1, 0.15) is 18.0 Å². The zero-order chi connectivity index (χ0) is 20.4. The number of halogens is 3. The SMILES string of the molecule is O=C(Nc1csc(-c2ccn(CC(F)F)n2)n1)N[C@H]1CCOc2c(Cl)cccc21. The predicted molar refractivity (Wildman–Crippen MR) is 106 cm³/mol. The van der Waals surface area contributed by atoms with E-state index < -0.39 is 19.0 Å². The van der Waals surface area contributed by atoms with Gasteiger partial charge in [0.05, 0.1) is 17.7 Å². The first kappa shape index (κ1) is 19.6. The first-order valence-electron chi connectivity index (χ1n) is 8.76. The van der Waals surface area contributed by atoms with E-state index in [4.69, 9.17) is 16.3 Å². The third kappa shape index (κ3) is 4.48. The van der Waals surface area contributed by atoms with Gasteiger partial charge in [-0.15, -0.1) is 11.3 Å². The zero-order valence-electron chi connectivity index (χ0n) is 14.9. The van der Waals surface area contributed by atoms with Gasteiger partial charge in [-0.3, -0.25) is 10.00 Å². The summed E-state index contributed by atoms with van der Waals surface area (Å²) < 4.78 is 31.6. The fourth-order valence-corrected chi connectivity index (χ4v) is 3.97. The Kier molecular flexibility index (Phi) is 5.63. The van der Waals surface area contributed by atoms with Crippen LogP contribution in [0, 0.1) is 0 Å². The van der Waals surface area contributed by atoms with Gasteiger partial charge in [-0.1, -0.05) is 23.7 Å². The molecule has 29 heavy (non-hydrogen) atoms. The Morgan fingerprint density at radius 3 is 3.10 bits per heavy atom. The number of aromatic nitrogens is 3. The number of hydrogen-bond acceptors (Lipinski definition) is 5. The summed E-state index contributed by atoms with van der Waals surface area (Å²) in [6, 6.07) is 6.36. The van der Waals surface area contributed by atoms with Crippen molar-refractivity contribution in [2.75, 3.05) is 11.9 Å². The molecule has 2 N–H and O–H groups in total. The van der Waals surface area contributed by atoms with E-state index in [0.717, 1.165) is 10.2 Å². The Balaban J connectivity index is 1.40. The van der Waals surface area contributed by atoms with Crippen LogP contribution in [-0.2, 0) is 6.54 Å². The average Bonchev–Trinajstić information content (AvgIpc) is 3.31. The molecule has 0 radical (unpaired) electrons. The molecule has 0 bridgehead atoms. The van der Waals surface area contributed by atoms with E-state index in [1.165, 1.54) is 17.5 Å². The molecule has 1 aliphatic heterocycles. The van der Waals surface area contributed by atoms with Gasteiger partial charge in [0.2, 0.25) is 0 Å². The van der Waals surface area contributed by atoms with E-state index in [0.29, 0.717) is 40.3 Å². The topological polar surface area (TPSA) is 81.1 Å². The van der Waals surface area contributed by atoms with Gasteiger partial charge < -0.3 is 10.1 Å². The van der Waals surface area contributed by atoms with Gasteiger partial charge in [0.15, 0.2) is 0 Å². The molecule has 0 saturated carbocycles. The highest BCUT2D eigenvalue weighted by molar-refractivity contribution is 7.13. The van der Waals surface area contributed by atoms with Crippen LogP contribution in [0.25, 0.3) is 10.7 Å². The molecule has 11 heteroatoms. The second-order valence-electron chi connectivity index (χ2n) is 6.30. The average molecular weight is 440 g/mol. The zero-order valence-corrected chi connectivity index (χ0v) is 16.5. The number of alkyl halides is 2. The third-order valence-electron chi connectivity index (χ3n) is 4.26. The summed E-state index contributed by atoms with van der Waals surface area (Å²) in [5.74, 6) is 0.935. The molecule has 0 spiro atoms. The summed E-state index contributed by atoms with van der Waals surface area (Å²) in [6.45, 7) is -0.0285. The molecule has 7 nitrogen and oxygen atoms in total. The third-order valence-corrected chi connectivity index (χ3v) is 5.42. The molecule has 2 amide bonds. The summed E-state index contributed by atoms with van der Waals surface area (Å²) in [4.78, 5) is 16.7. The summed E-state index contributed by atoms with van der Waals surface area (Å²) in [5, 5.41) is 12.3. The van der Waals surface area contributed by atoms with Crippen molar-refractivity contribution in [3.05, 3.63) is 46.4 Å². The predicted octanol–water partition coefficient (Wildman–Crippen LogP) is 4.57. The van der Waals surface area contributed by atoms with Gasteiger partial charge in [0.25, 0.3) is 6.43 Å². The minimum Gasteiger partial charge on any atom is -0.492 e. The van der Waals surface area contributed by atoms with Crippen molar-refractivity contribution in [2.24, 2.45) is 0 Å². The van der Waals surface area contributed by atoms with Crippen molar-refractivity contribution < 1.29 is 18.3 Å². The lowest BCUT2D eigenvalue weighted by atomic mass is 10.0. The van der Waals surface area contributed by atoms with Crippen LogP contribution in [-0.4, -0.2) is 33.8 Å². The highest BCUT2D eigenvalue weighted by Gasteiger charge is 2.25. The van der Waals surface area contributed by atoms with Crippen molar-refractivity contribution >= 4 is 34.8 Å². The molecule has 2 aromatic heterocycles. The van der Waals surface area contributed by atoms with Crippen LogP contribution in [0.15, 0.2) is 35.8 Å². The normalized spacial score (nSPS) is 15.7. The maximum Gasteiger partial charge on any atom is 0.320 e. The molecular formula is C18H16ClF2N5O2S. The number of anilines is 1. The smallest absolute Gasteiger partial charge is 0.320 e. The molecular weight excluding hydrogens is 424 g/mol. The van der Waals surface area contributed by atoms with Crippen molar-refractivity contribution in [2.45, 2.75) is 25.4 Å². The van der Waals surface area contributed by atoms with Gasteiger partial charge >= 0.3 is 6.03 Å². The number of hydrogen-bond donors (Lipinski definition) is 2. The monoisotopic (exact) mass is 439 g/mol. The fraction of sp³-hybridized carbons (Fsp3) is 0.278. The Morgan fingerprint density at radius 2 is 2.28 bits per heavy atom. The maximum absolute atomic E-state index is 12.4. The maximum atomic E-state index is 12.4. The van der Waals surface area contributed by atoms with Crippen LogP contribution in [0.5, 0.6) is 5.75 Å². The Labute approximate surface area is 173 Å². The number of thiazole rings is 1. The molecule has 152 valence electrons. The molecule has 0 saturated heterocycles. The number of para-hydroxylation sites is 1. The lowest BCUT2D eigenvalue weighted by molar-refractivity contribution is 0.122. The molecule has 1 aromatic carbocycles. The number of ether oxygens (including phenoxy) is 1. The van der Waals surface area contributed by atoms with Crippen LogP contribution in [0.4, 0.5) is 19.4 Å². The lowest BCUT2D eigenvalue weighted by Crippen LogP contribution is -2.35. The molecule has 0 unspecified atom stereocenters. The summed E-state index contributed by atoms with van der Waals surface area (Å²) in [7, 11) is 0. The molecule has 0 fully saturated rings. The van der Waals surface area contributed by atoms with Crippen molar-refractivity contribution in [1.82, 2.24) is 20.1 Å². The van der Waals surface area contributed by atoms with E-state index in [2.05, 4.69) is 20.7 Å².